The Morgan fingerprint density at radius 2 is 1.88 bits per heavy atom. The summed E-state index contributed by atoms with van der Waals surface area (Å²) in [7, 11) is 1.90. The zero-order chi connectivity index (χ0) is 12.3. The summed E-state index contributed by atoms with van der Waals surface area (Å²) in [5.74, 6) is 0.206. The molecule has 0 fully saturated rings. The van der Waals surface area contributed by atoms with Crippen LogP contribution < -0.4 is 5.32 Å². The van der Waals surface area contributed by atoms with Crippen LogP contribution in [0, 0.1) is 0 Å². The SMILES string of the molecule is CNC(CC(C)=O)c1cccc2ccccc12. The number of benzene rings is 2. The Hall–Kier alpha value is -1.67. The standard InChI is InChI=1S/C15H17NO/c1-11(17)10-15(16-2)14-9-5-7-12-6-3-4-8-13(12)14/h3-9,15-16H,10H2,1-2H3. The molecule has 0 spiro atoms. The van der Waals surface area contributed by atoms with Gasteiger partial charge in [0.2, 0.25) is 0 Å². The van der Waals surface area contributed by atoms with Gasteiger partial charge in [0.25, 0.3) is 0 Å². The largest absolute Gasteiger partial charge is 0.313 e. The predicted molar refractivity (Wildman–Crippen MR) is 71.0 cm³/mol. The number of fused-ring (bicyclic) bond motifs is 1. The van der Waals surface area contributed by atoms with Gasteiger partial charge in [-0.15, -0.1) is 0 Å². The van der Waals surface area contributed by atoms with E-state index in [9.17, 15) is 4.79 Å². The summed E-state index contributed by atoms with van der Waals surface area (Å²) in [4.78, 5) is 11.3. The molecule has 0 radical (unpaired) electrons. The van der Waals surface area contributed by atoms with E-state index in [1.165, 1.54) is 16.3 Å². The van der Waals surface area contributed by atoms with Crippen molar-refractivity contribution in [2.45, 2.75) is 19.4 Å². The van der Waals surface area contributed by atoms with Gasteiger partial charge in [0, 0.05) is 12.5 Å². The molecule has 2 aromatic rings. The molecule has 0 aliphatic heterocycles. The molecular formula is C15H17NO. The monoisotopic (exact) mass is 227 g/mol. The Morgan fingerprint density at radius 3 is 2.59 bits per heavy atom. The van der Waals surface area contributed by atoms with Gasteiger partial charge in [-0.25, -0.2) is 0 Å². The molecule has 2 rings (SSSR count). The van der Waals surface area contributed by atoms with Crippen LogP contribution in [-0.4, -0.2) is 12.8 Å². The third-order valence-corrected chi connectivity index (χ3v) is 3.04. The van der Waals surface area contributed by atoms with Crippen LogP contribution in [0.15, 0.2) is 42.5 Å². The van der Waals surface area contributed by atoms with Crippen LogP contribution in [0.5, 0.6) is 0 Å². The molecule has 2 aromatic carbocycles. The van der Waals surface area contributed by atoms with Gasteiger partial charge in [0.05, 0.1) is 0 Å². The van der Waals surface area contributed by atoms with Crippen molar-refractivity contribution >= 4 is 16.6 Å². The average molecular weight is 227 g/mol. The molecule has 2 nitrogen and oxygen atoms in total. The number of hydrogen-bond donors (Lipinski definition) is 1. The van der Waals surface area contributed by atoms with Crippen LogP contribution in [0.1, 0.15) is 24.9 Å². The summed E-state index contributed by atoms with van der Waals surface area (Å²) in [6.07, 6.45) is 0.532. The number of ketones is 1. The quantitative estimate of drug-likeness (QED) is 0.869. The molecule has 1 N–H and O–H groups in total. The van der Waals surface area contributed by atoms with E-state index < -0.39 is 0 Å². The van der Waals surface area contributed by atoms with Crippen molar-refractivity contribution in [1.82, 2.24) is 5.32 Å². The van der Waals surface area contributed by atoms with E-state index in [2.05, 4.69) is 29.6 Å². The Labute approximate surface area is 102 Å². The first-order valence-corrected chi connectivity index (χ1v) is 5.86. The van der Waals surface area contributed by atoms with Crippen molar-refractivity contribution in [1.29, 1.82) is 0 Å². The highest BCUT2D eigenvalue weighted by atomic mass is 16.1. The van der Waals surface area contributed by atoms with Crippen molar-refractivity contribution in [3.05, 3.63) is 48.0 Å². The Bertz CT molecular complexity index is 528. The first-order chi connectivity index (χ1) is 8.22. The van der Waals surface area contributed by atoms with E-state index in [-0.39, 0.29) is 11.8 Å². The minimum atomic E-state index is 0.0959. The summed E-state index contributed by atoms with van der Waals surface area (Å²) in [5, 5.41) is 5.66. The van der Waals surface area contributed by atoms with Crippen LogP contribution in [0.4, 0.5) is 0 Å². The van der Waals surface area contributed by atoms with E-state index in [4.69, 9.17) is 0 Å². The molecule has 0 aliphatic carbocycles. The van der Waals surface area contributed by atoms with Crippen molar-refractivity contribution in [2.24, 2.45) is 0 Å². The maximum atomic E-state index is 11.3. The second kappa shape index (κ2) is 5.11. The molecule has 0 aliphatic rings. The second-order valence-electron chi connectivity index (χ2n) is 4.32. The van der Waals surface area contributed by atoms with Crippen LogP contribution in [0.3, 0.4) is 0 Å². The zero-order valence-electron chi connectivity index (χ0n) is 10.2. The number of nitrogens with one attached hydrogen (secondary N) is 1. The fraction of sp³-hybridized carbons (Fsp3) is 0.267. The van der Waals surface area contributed by atoms with Crippen molar-refractivity contribution in [3.63, 3.8) is 0 Å². The molecule has 1 unspecified atom stereocenters. The van der Waals surface area contributed by atoms with Crippen LogP contribution in [-0.2, 0) is 4.79 Å². The lowest BCUT2D eigenvalue weighted by molar-refractivity contribution is -0.117. The fourth-order valence-electron chi connectivity index (χ4n) is 2.21. The van der Waals surface area contributed by atoms with Crippen LogP contribution in [0.25, 0.3) is 10.8 Å². The summed E-state index contributed by atoms with van der Waals surface area (Å²) < 4.78 is 0. The van der Waals surface area contributed by atoms with Gasteiger partial charge in [-0.3, -0.25) is 4.79 Å². The second-order valence-corrected chi connectivity index (χ2v) is 4.32. The first-order valence-electron chi connectivity index (χ1n) is 5.86. The number of carbonyl (C=O) groups excluding carboxylic acids is 1. The topological polar surface area (TPSA) is 29.1 Å². The van der Waals surface area contributed by atoms with Gasteiger partial charge in [-0.1, -0.05) is 42.5 Å². The van der Waals surface area contributed by atoms with Crippen LogP contribution >= 0.6 is 0 Å². The molecular weight excluding hydrogens is 210 g/mol. The molecule has 0 saturated carbocycles. The number of carbonyl (C=O) groups is 1. The highest BCUT2D eigenvalue weighted by molar-refractivity contribution is 5.87. The summed E-state index contributed by atoms with van der Waals surface area (Å²) in [6, 6.07) is 14.6. The predicted octanol–water partition coefficient (Wildman–Crippen LogP) is 3.08. The zero-order valence-corrected chi connectivity index (χ0v) is 10.2. The molecule has 88 valence electrons. The first kappa shape index (κ1) is 11.8. The Kier molecular flexibility index (Phi) is 3.55. The molecule has 17 heavy (non-hydrogen) atoms. The maximum Gasteiger partial charge on any atom is 0.131 e. The highest BCUT2D eigenvalue weighted by Crippen LogP contribution is 2.26. The third-order valence-electron chi connectivity index (χ3n) is 3.04. The lowest BCUT2D eigenvalue weighted by Gasteiger charge is -2.17. The number of Topliss-reactive ketones (excluding diaryl/α,β-unsaturated/α-hetero) is 1. The molecule has 0 bridgehead atoms. The average Bonchev–Trinajstić information content (AvgIpc) is 2.35. The van der Waals surface area contributed by atoms with Crippen molar-refractivity contribution in [3.8, 4) is 0 Å². The van der Waals surface area contributed by atoms with E-state index in [1.54, 1.807) is 6.92 Å². The van der Waals surface area contributed by atoms with E-state index in [0.717, 1.165) is 0 Å². The maximum absolute atomic E-state index is 11.3. The summed E-state index contributed by atoms with van der Waals surface area (Å²) in [5.41, 5.74) is 1.20. The van der Waals surface area contributed by atoms with Gasteiger partial charge in [-0.2, -0.15) is 0 Å². The van der Waals surface area contributed by atoms with Gasteiger partial charge >= 0.3 is 0 Å². The van der Waals surface area contributed by atoms with Gasteiger partial charge in [0.15, 0.2) is 0 Å². The van der Waals surface area contributed by atoms with Crippen LogP contribution in [0.2, 0.25) is 0 Å². The Balaban J connectivity index is 2.49. The summed E-state index contributed by atoms with van der Waals surface area (Å²) >= 11 is 0. The van der Waals surface area contributed by atoms with Gasteiger partial charge in [-0.05, 0) is 30.3 Å². The van der Waals surface area contributed by atoms with E-state index in [1.807, 2.05) is 25.2 Å². The Morgan fingerprint density at radius 1 is 1.18 bits per heavy atom. The highest BCUT2D eigenvalue weighted by Gasteiger charge is 2.13. The minimum Gasteiger partial charge on any atom is -0.313 e. The molecule has 2 heteroatoms. The number of hydrogen-bond acceptors (Lipinski definition) is 2. The third kappa shape index (κ3) is 2.53. The molecule has 1 atom stereocenters. The molecule has 0 amide bonds. The molecule has 0 heterocycles. The van der Waals surface area contributed by atoms with E-state index in [0.29, 0.717) is 6.42 Å². The summed E-state index contributed by atoms with van der Waals surface area (Å²) in [6.45, 7) is 1.63. The van der Waals surface area contributed by atoms with Gasteiger partial charge < -0.3 is 5.32 Å². The van der Waals surface area contributed by atoms with Crippen molar-refractivity contribution < 1.29 is 4.79 Å². The number of rotatable bonds is 4. The lowest BCUT2D eigenvalue weighted by atomic mass is 9.96. The molecule has 0 saturated heterocycles. The van der Waals surface area contributed by atoms with Crippen molar-refractivity contribution in [2.75, 3.05) is 7.05 Å². The normalized spacial score (nSPS) is 12.6. The molecule has 0 aromatic heterocycles. The van der Waals surface area contributed by atoms with Gasteiger partial charge in [0.1, 0.15) is 5.78 Å². The lowest BCUT2D eigenvalue weighted by Crippen LogP contribution is -2.19. The fourth-order valence-corrected chi connectivity index (χ4v) is 2.21. The van der Waals surface area contributed by atoms with E-state index >= 15 is 0 Å². The smallest absolute Gasteiger partial charge is 0.131 e. The minimum absolute atomic E-state index is 0.0959.